The van der Waals surface area contributed by atoms with Crippen LogP contribution >= 0.6 is 34.0 Å². The van der Waals surface area contributed by atoms with Crippen molar-refractivity contribution >= 4 is 110 Å². The van der Waals surface area contributed by atoms with Gasteiger partial charge < -0.3 is 25.8 Å². The van der Waals surface area contributed by atoms with Crippen LogP contribution in [-0.2, 0) is 9.53 Å². The van der Waals surface area contributed by atoms with Crippen LogP contribution in [0.15, 0.2) is 109 Å². The van der Waals surface area contributed by atoms with Crippen molar-refractivity contribution in [3.05, 3.63) is 166 Å². The molecule has 14 heteroatoms. The van der Waals surface area contributed by atoms with Gasteiger partial charge in [-0.25, -0.2) is 19.2 Å². The number of allylic oxidation sites excluding steroid dienone is 2. The molecule has 5 N–H and O–H groups in total. The Bertz CT molecular complexity index is 2660. The van der Waals surface area contributed by atoms with Crippen molar-refractivity contribution in [1.82, 2.24) is 0 Å². The van der Waals surface area contributed by atoms with Gasteiger partial charge >= 0.3 is 23.9 Å². The highest BCUT2D eigenvalue weighted by Crippen LogP contribution is 2.33. The summed E-state index contributed by atoms with van der Waals surface area (Å²) in [5.41, 5.74) is 9.31. The SMILES string of the molecule is CCOC(=O)C(=Cc1ccc(C(=O)C(=Cc2ccc(C(=O)C(=Cc3ccc(N)cc3)c3ccc(C(=O)O)s3)cc2)c2ccc(C(=O)O)s2)cc1)c1ccc(C(=O)O)s1. The number of anilines is 1. The number of nitrogens with two attached hydrogens (primary N) is 1. The molecule has 0 spiro atoms. The summed E-state index contributed by atoms with van der Waals surface area (Å²) in [4.78, 5) is 77.3. The summed E-state index contributed by atoms with van der Waals surface area (Å²) < 4.78 is 5.21. The van der Waals surface area contributed by atoms with E-state index >= 15 is 0 Å². The number of carbonyl (C=O) groups excluding carboxylic acids is 3. The molecule has 3 heterocycles. The first-order chi connectivity index (χ1) is 27.8. The van der Waals surface area contributed by atoms with Crippen molar-refractivity contribution in [3.8, 4) is 0 Å². The van der Waals surface area contributed by atoms with Gasteiger partial charge in [-0.3, -0.25) is 9.59 Å². The van der Waals surface area contributed by atoms with Crippen molar-refractivity contribution in [3.63, 3.8) is 0 Å². The van der Waals surface area contributed by atoms with Gasteiger partial charge in [-0.15, -0.1) is 34.0 Å². The topological polar surface area (TPSA) is 198 Å². The highest BCUT2D eigenvalue weighted by molar-refractivity contribution is 7.16. The number of benzene rings is 3. The van der Waals surface area contributed by atoms with E-state index in [1.54, 1.807) is 110 Å². The molecule has 0 atom stereocenters. The van der Waals surface area contributed by atoms with Crippen LogP contribution in [-0.4, -0.2) is 57.4 Å². The van der Waals surface area contributed by atoms with E-state index in [9.17, 15) is 44.1 Å². The quantitative estimate of drug-likeness (QED) is 0.0333. The Morgan fingerprint density at radius 3 is 1.12 bits per heavy atom. The minimum Gasteiger partial charge on any atom is -0.477 e. The molecular formula is C44H31NO10S3. The van der Waals surface area contributed by atoms with Gasteiger partial charge in [-0.05, 0) is 90.4 Å². The van der Waals surface area contributed by atoms with E-state index < -0.39 is 29.7 Å². The first-order valence-corrected chi connectivity index (χ1v) is 19.7. The van der Waals surface area contributed by atoms with Crippen molar-refractivity contribution in [2.45, 2.75) is 6.92 Å². The van der Waals surface area contributed by atoms with E-state index in [1.165, 1.54) is 24.3 Å². The average molecular weight is 830 g/mol. The van der Waals surface area contributed by atoms with Gasteiger partial charge in [0, 0.05) is 42.6 Å². The second-order valence-electron chi connectivity index (χ2n) is 12.4. The number of carboxylic acid groups (broad SMARTS) is 3. The Morgan fingerprint density at radius 2 is 0.793 bits per heavy atom. The minimum atomic E-state index is -1.15. The summed E-state index contributed by atoms with van der Waals surface area (Å²) in [7, 11) is 0. The number of aromatic carboxylic acids is 3. The van der Waals surface area contributed by atoms with Crippen LogP contribution in [0.1, 0.15) is 88.0 Å². The number of ketones is 2. The second kappa shape index (κ2) is 17.9. The zero-order chi connectivity index (χ0) is 41.5. The Balaban J connectivity index is 1.33. The van der Waals surface area contributed by atoms with Crippen molar-refractivity contribution in [2.24, 2.45) is 0 Å². The summed E-state index contributed by atoms with van der Waals surface area (Å²) >= 11 is 2.83. The molecule has 0 aliphatic rings. The standard InChI is InChI=1S/C44H31NO10S3/c1-2-55-44(54)32(35-17-20-38(58-35)43(52)53)23-25-5-11-28(12-6-25)39(46)30(33-15-18-36(56-33)41(48)49)21-24-3-9-27(10-4-24)40(47)31(22-26-7-13-29(45)14-8-26)34-16-19-37(57-34)42(50)51/h3-23H,2,45H2,1H3,(H,48,49)(H,50,51)(H,52,53). The average Bonchev–Trinajstić information content (AvgIpc) is 4.01. The molecule has 290 valence electrons. The van der Waals surface area contributed by atoms with Gasteiger partial charge in [0.2, 0.25) is 0 Å². The maximum Gasteiger partial charge on any atom is 0.345 e. The Morgan fingerprint density at radius 1 is 0.483 bits per heavy atom. The lowest BCUT2D eigenvalue weighted by Crippen LogP contribution is -2.06. The molecule has 6 aromatic rings. The number of thiophene rings is 3. The smallest absolute Gasteiger partial charge is 0.345 e. The predicted molar refractivity (Wildman–Crippen MR) is 226 cm³/mol. The van der Waals surface area contributed by atoms with E-state index in [0.717, 1.165) is 34.0 Å². The van der Waals surface area contributed by atoms with Crippen molar-refractivity contribution in [1.29, 1.82) is 0 Å². The minimum absolute atomic E-state index is 0.0290. The van der Waals surface area contributed by atoms with Crippen LogP contribution in [0.25, 0.3) is 34.9 Å². The zero-order valence-corrected chi connectivity index (χ0v) is 32.8. The lowest BCUT2D eigenvalue weighted by Gasteiger charge is -2.09. The number of carboxylic acids is 3. The summed E-state index contributed by atoms with van der Waals surface area (Å²) in [5.74, 6) is -4.82. The van der Waals surface area contributed by atoms with Crippen LogP contribution in [0.5, 0.6) is 0 Å². The fourth-order valence-electron chi connectivity index (χ4n) is 5.59. The number of ether oxygens (including phenoxy) is 1. The summed E-state index contributed by atoms with van der Waals surface area (Å²) in [5, 5.41) is 28.5. The Hall–Kier alpha value is -7.00. The molecule has 58 heavy (non-hydrogen) atoms. The second-order valence-corrected chi connectivity index (χ2v) is 15.6. The number of nitrogen functional groups attached to an aromatic ring is 1. The van der Waals surface area contributed by atoms with Gasteiger partial charge in [-0.2, -0.15) is 0 Å². The molecule has 11 nitrogen and oxygen atoms in total. The predicted octanol–water partition coefficient (Wildman–Crippen LogP) is 9.50. The number of hydrogen-bond acceptors (Lipinski definition) is 11. The number of esters is 1. The molecule has 0 bridgehead atoms. The van der Waals surface area contributed by atoms with Crippen molar-refractivity contribution in [2.75, 3.05) is 12.3 Å². The fourth-order valence-corrected chi connectivity index (χ4v) is 8.16. The first kappa shape index (κ1) is 40.7. The van der Waals surface area contributed by atoms with E-state index in [4.69, 9.17) is 10.5 Å². The lowest BCUT2D eigenvalue weighted by atomic mass is 9.96. The molecule has 6 rings (SSSR count). The molecular weight excluding hydrogens is 799 g/mol. The third-order valence-electron chi connectivity index (χ3n) is 8.45. The highest BCUT2D eigenvalue weighted by Gasteiger charge is 2.22. The van der Waals surface area contributed by atoms with E-state index in [1.807, 2.05) is 0 Å². The highest BCUT2D eigenvalue weighted by atomic mass is 32.1. The maximum atomic E-state index is 14.1. The number of hydrogen-bond donors (Lipinski definition) is 4. The van der Waals surface area contributed by atoms with Gasteiger partial charge in [0.15, 0.2) is 11.6 Å². The molecule has 0 aliphatic carbocycles. The van der Waals surface area contributed by atoms with Crippen LogP contribution in [0, 0.1) is 0 Å². The molecule has 0 aliphatic heterocycles. The van der Waals surface area contributed by atoms with Gasteiger partial charge in [0.1, 0.15) is 14.6 Å². The number of carbonyl (C=O) groups is 6. The van der Waals surface area contributed by atoms with E-state index in [-0.39, 0.29) is 49.3 Å². The van der Waals surface area contributed by atoms with Crippen LogP contribution in [0.4, 0.5) is 5.69 Å². The van der Waals surface area contributed by atoms with Crippen molar-refractivity contribution < 1.29 is 48.8 Å². The molecule has 0 unspecified atom stereocenters. The summed E-state index contributed by atoms with van der Waals surface area (Å²) in [6.07, 6.45) is 4.80. The number of rotatable bonds is 15. The maximum absolute atomic E-state index is 14.1. The van der Waals surface area contributed by atoms with E-state index in [0.29, 0.717) is 42.6 Å². The lowest BCUT2D eigenvalue weighted by molar-refractivity contribution is -0.136. The molecule has 0 saturated carbocycles. The molecule has 0 saturated heterocycles. The van der Waals surface area contributed by atoms with Crippen LogP contribution in [0.3, 0.4) is 0 Å². The molecule has 0 amide bonds. The summed E-state index contributed by atoms with van der Waals surface area (Å²) in [6, 6.07) is 28.6. The largest absolute Gasteiger partial charge is 0.477 e. The number of Topliss-reactive ketones (excluding diaryl/α,β-unsaturated/α-hetero) is 2. The van der Waals surface area contributed by atoms with E-state index in [2.05, 4.69) is 0 Å². The van der Waals surface area contributed by atoms with Gasteiger partial charge in [-0.1, -0.05) is 60.7 Å². The van der Waals surface area contributed by atoms with Crippen LogP contribution in [0.2, 0.25) is 0 Å². The molecule has 3 aromatic heterocycles. The van der Waals surface area contributed by atoms with Gasteiger partial charge in [0.05, 0.1) is 12.2 Å². The Labute approximate surface area is 342 Å². The molecule has 3 aromatic carbocycles. The zero-order valence-electron chi connectivity index (χ0n) is 30.3. The van der Waals surface area contributed by atoms with Crippen LogP contribution < -0.4 is 5.73 Å². The third kappa shape index (κ3) is 9.50. The first-order valence-electron chi connectivity index (χ1n) is 17.3. The normalized spacial score (nSPS) is 11.9. The monoisotopic (exact) mass is 829 g/mol. The van der Waals surface area contributed by atoms with Gasteiger partial charge in [0.25, 0.3) is 0 Å². The Kier molecular flexibility index (Phi) is 12.5. The molecule has 0 fully saturated rings. The third-order valence-corrected chi connectivity index (χ3v) is 11.8. The summed E-state index contributed by atoms with van der Waals surface area (Å²) in [6.45, 7) is 1.76. The molecule has 0 radical (unpaired) electrons. The fraction of sp³-hybridized carbons (Fsp3) is 0.0455.